The van der Waals surface area contributed by atoms with Crippen LogP contribution in [0.25, 0.3) is 10.8 Å². The third-order valence-corrected chi connectivity index (χ3v) is 5.12. The highest BCUT2D eigenvalue weighted by Crippen LogP contribution is 2.30. The van der Waals surface area contributed by atoms with Crippen LogP contribution in [0.3, 0.4) is 0 Å². The molecule has 0 atom stereocenters. The normalized spacial score (nSPS) is 10.7. The van der Waals surface area contributed by atoms with E-state index in [1.807, 2.05) is 37.4 Å². The van der Waals surface area contributed by atoms with Gasteiger partial charge in [0.15, 0.2) is 0 Å². The summed E-state index contributed by atoms with van der Waals surface area (Å²) in [5.74, 6) is 2.18. The zero-order valence-corrected chi connectivity index (χ0v) is 18.1. The second kappa shape index (κ2) is 10.0. The van der Waals surface area contributed by atoms with Gasteiger partial charge in [-0.15, -0.1) is 0 Å². The number of hydrogen-bond acceptors (Lipinski definition) is 4. The molecular formula is C25H29NO4. The van der Waals surface area contributed by atoms with Gasteiger partial charge in [0.25, 0.3) is 0 Å². The molecule has 0 saturated heterocycles. The summed E-state index contributed by atoms with van der Waals surface area (Å²) in [5.41, 5.74) is 1.86. The SMILES string of the molecule is CCCOc1ccc2ccccc2c1CN(C)C(=O)Cc1ccc(OC)cc1OC. The van der Waals surface area contributed by atoms with Crippen LogP contribution in [0.1, 0.15) is 24.5 Å². The molecule has 0 radical (unpaired) electrons. The van der Waals surface area contributed by atoms with E-state index in [9.17, 15) is 4.79 Å². The second-order valence-corrected chi connectivity index (χ2v) is 7.22. The van der Waals surface area contributed by atoms with E-state index in [4.69, 9.17) is 14.2 Å². The maximum absolute atomic E-state index is 13.0. The van der Waals surface area contributed by atoms with Crippen molar-refractivity contribution in [3.63, 3.8) is 0 Å². The molecule has 1 amide bonds. The quantitative estimate of drug-likeness (QED) is 0.509. The zero-order valence-electron chi connectivity index (χ0n) is 18.1. The molecule has 5 heteroatoms. The first kappa shape index (κ1) is 21.5. The lowest BCUT2D eigenvalue weighted by atomic mass is 10.0. The van der Waals surface area contributed by atoms with Gasteiger partial charge in [0.05, 0.1) is 27.2 Å². The largest absolute Gasteiger partial charge is 0.497 e. The van der Waals surface area contributed by atoms with Gasteiger partial charge in [-0.3, -0.25) is 4.79 Å². The average molecular weight is 408 g/mol. The number of fused-ring (bicyclic) bond motifs is 1. The van der Waals surface area contributed by atoms with E-state index in [0.717, 1.165) is 34.1 Å². The molecule has 0 aliphatic rings. The number of nitrogens with zero attached hydrogens (tertiary/aromatic N) is 1. The van der Waals surface area contributed by atoms with Crippen LogP contribution in [0.2, 0.25) is 0 Å². The summed E-state index contributed by atoms with van der Waals surface area (Å²) in [4.78, 5) is 14.7. The number of benzene rings is 3. The van der Waals surface area contributed by atoms with Gasteiger partial charge in [-0.25, -0.2) is 0 Å². The van der Waals surface area contributed by atoms with Crippen LogP contribution < -0.4 is 14.2 Å². The Morgan fingerprint density at radius 3 is 2.50 bits per heavy atom. The van der Waals surface area contributed by atoms with Crippen molar-refractivity contribution in [1.82, 2.24) is 4.90 Å². The van der Waals surface area contributed by atoms with Gasteiger partial charge in [0.2, 0.25) is 5.91 Å². The third kappa shape index (κ3) is 4.85. The Morgan fingerprint density at radius 2 is 1.77 bits per heavy atom. The van der Waals surface area contributed by atoms with Gasteiger partial charge in [0.1, 0.15) is 17.2 Å². The van der Waals surface area contributed by atoms with Gasteiger partial charge < -0.3 is 19.1 Å². The van der Waals surface area contributed by atoms with Gasteiger partial charge in [-0.1, -0.05) is 43.3 Å². The highest BCUT2D eigenvalue weighted by atomic mass is 16.5. The molecule has 5 nitrogen and oxygen atoms in total. The summed E-state index contributed by atoms with van der Waals surface area (Å²) < 4.78 is 16.7. The molecule has 0 bridgehead atoms. The van der Waals surface area contributed by atoms with Crippen LogP contribution >= 0.6 is 0 Å². The van der Waals surface area contributed by atoms with E-state index >= 15 is 0 Å². The predicted molar refractivity (Wildman–Crippen MR) is 119 cm³/mol. The van der Waals surface area contributed by atoms with E-state index in [0.29, 0.717) is 24.7 Å². The fourth-order valence-electron chi connectivity index (χ4n) is 3.45. The van der Waals surface area contributed by atoms with Crippen molar-refractivity contribution < 1.29 is 19.0 Å². The molecule has 158 valence electrons. The molecule has 0 spiro atoms. The molecule has 0 aromatic heterocycles. The number of rotatable bonds is 9. The number of hydrogen-bond donors (Lipinski definition) is 0. The number of carbonyl (C=O) groups excluding carboxylic acids is 1. The van der Waals surface area contributed by atoms with Gasteiger partial charge in [0, 0.05) is 30.8 Å². The van der Waals surface area contributed by atoms with Crippen LogP contribution in [-0.2, 0) is 17.8 Å². The Balaban J connectivity index is 1.84. The standard InChI is InChI=1S/C25H29NO4/c1-5-14-30-23-13-11-18-8-6-7-9-21(18)22(23)17-26(2)25(27)15-19-10-12-20(28-3)16-24(19)29-4/h6-13,16H,5,14-15,17H2,1-4H3. The minimum Gasteiger partial charge on any atom is -0.497 e. The summed E-state index contributed by atoms with van der Waals surface area (Å²) in [6.45, 7) is 3.20. The molecule has 0 aliphatic carbocycles. The van der Waals surface area contributed by atoms with E-state index < -0.39 is 0 Å². The maximum atomic E-state index is 13.0. The third-order valence-electron chi connectivity index (χ3n) is 5.12. The zero-order chi connectivity index (χ0) is 21.5. The number of carbonyl (C=O) groups is 1. The van der Waals surface area contributed by atoms with Gasteiger partial charge in [-0.05, 0) is 29.3 Å². The fourth-order valence-corrected chi connectivity index (χ4v) is 3.45. The average Bonchev–Trinajstić information content (AvgIpc) is 2.78. The lowest BCUT2D eigenvalue weighted by molar-refractivity contribution is -0.129. The molecule has 0 saturated carbocycles. The minimum atomic E-state index is 0.00726. The van der Waals surface area contributed by atoms with Crippen molar-refractivity contribution in [2.45, 2.75) is 26.3 Å². The Bertz CT molecular complexity index is 1020. The second-order valence-electron chi connectivity index (χ2n) is 7.22. The van der Waals surface area contributed by atoms with Crippen LogP contribution in [-0.4, -0.2) is 38.7 Å². The molecule has 0 aliphatic heterocycles. The molecule has 0 fully saturated rings. The fraction of sp³-hybridized carbons (Fsp3) is 0.320. The molecule has 3 aromatic rings. The Hall–Kier alpha value is -3.21. The molecule has 30 heavy (non-hydrogen) atoms. The number of ether oxygens (including phenoxy) is 3. The Labute approximate surface area is 178 Å². The molecular weight excluding hydrogens is 378 g/mol. The van der Waals surface area contributed by atoms with E-state index in [1.54, 1.807) is 25.2 Å². The van der Waals surface area contributed by atoms with Crippen LogP contribution in [0, 0.1) is 0 Å². The highest BCUT2D eigenvalue weighted by molar-refractivity contribution is 5.88. The summed E-state index contributed by atoms with van der Waals surface area (Å²) in [5, 5.41) is 2.24. The molecule has 3 rings (SSSR count). The van der Waals surface area contributed by atoms with Crippen LogP contribution in [0.15, 0.2) is 54.6 Å². The van der Waals surface area contributed by atoms with Crippen LogP contribution in [0.5, 0.6) is 17.2 Å². The molecule has 0 heterocycles. The molecule has 3 aromatic carbocycles. The number of likely N-dealkylation sites (N-methyl/N-ethyl adjacent to an activating group) is 1. The topological polar surface area (TPSA) is 48.0 Å². The first-order valence-corrected chi connectivity index (χ1v) is 10.2. The van der Waals surface area contributed by atoms with E-state index in [-0.39, 0.29) is 12.3 Å². The van der Waals surface area contributed by atoms with Crippen molar-refractivity contribution in [1.29, 1.82) is 0 Å². The van der Waals surface area contributed by atoms with Crippen molar-refractivity contribution in [3.05, 3.63) is 65.7 Å². The Kier molecular flexibility index (Phi) is 7.17. The van der Waals surface area contributed by atoms with Crippen molar-refractivity contribution in [3.8, 4) is 17.2 Å². The maximum Gasteiger partial charge on any atom is 0.227 e. The lowest BCUT2D eigenvalue weighted by Gasteiger charge is -2.21. The molecule has 0 unspecified atom stereocenters. The van der Waals surface area contributed by atoms with Crippen molar-refractivity contribution in [2.75, 3.05) is 27.9 Å². The first-order valence-electron chi connectivity index (χ1n) is 10.2. The van der Waals surface area contributed by atoms with Crippen molar-refractivity contribution >= 4 is 16.7 Å². The highest BCUT2D eigenvalue weighted by Gasteiger charge is 2.17. The summed E-state index contributed by atoms with van der Waals surface area (Å²) in [7, 11) is 5.03. The minimum absolute atomic E-state index is 0.00726. The van der Waals surface area contributed by atoms with E-state index in [1.165, 1.54) is 0 Å². The Morgan fingerprint density at radius 1 is 0.967 bits per heavy atom. The first-order chi connectivity index (χ1) is 14.6. The number of methoxy groups -OCH3 is 2. The monoisotopic (exact) mass is 407 g/mol. The van der Waals surface area contributed by atoms with Gasteiger partial charge >= 0.3 is 0 Å². The summed E-state index contributed by atoms with van der Waals surface area (Å²) in [6, 6.07) is 17.8. The summed E-state index contributed by atoms with van der Waals surface area (Å²) >= 11 is 0. The van der Waals surface area contributed by atoms with Gasteiger partial charge in [-0.2, -0.15) is 0 Å². The van der Waals surface area contributed by atoms with Crippen LogP contribution in [0.4, 0.5) is 0 Å². The van der Waals surface area contributed by atoms with E-state index in [2.05, 4.69) is 25.1 Å². The number of amides is 1. The van der Waals surface area contributed by atoms with Crippen molar-refractivity contribution in [2.24, 2.45) is 0 Å². The smallest absolute Gasteiger partial charge is 0.227 e. The predicted octanol–water partition coefficient (Wildman–Crippen LogP) is 4.85. The summed E-state index contributed by atoms with van der Waals surface area (Å²) in [6.07, 6.45) is 1.18. The lowest BCUT2D eigenvalue weighted by Crippen LogP contribution is -2.28. The molecule has 0 N–H and O–H groups in total.